The van der Waals surface area contributed by atoms with Gasteiger partial charge in [-0.1, -0.05) is 0 Å². The lowest BCUT2D eigenvalue weighted by Gasteiger charge is -2.31. The monoisotopic (exact) mass is 327 g/mol. The predicted octanol–water partition coefficient (Wildman–Crippen LogP) is 1.61. The molecule has 2 aliphatic rings. The van der Waals surface area contributed by atoms with Crippen molar-refractivity contribution in [1.29, 1.82) is 0 Å². The van der Waals surface area contributed by atoms with Gasteiger partial charge in [-0.25, -0.2) is 4.68 Å². The van der Waals surface area contributed by atoms with Crippen LogP contribution in [0.5, 0.6) is 0 Å². The molecule has 0 atom stereocenters. The Morgan fingerprint density at radius 2 is 2.00 bits per heavy atom. The summed E-state index contributed by atoms with van der Waals surface area (Å²) in [6.45, 7) is 6.86. The van der Waals surface area contributed by atoms with Gasteiger partial charge in [-0.3, -0.25) is 14.4 Å². The van der Waals surface area contributed by atoms with Crippen LogP contribution in [0.1, 0.15) is 36.3 Å². The summed E-state index contributed by atoms with van der Waals surface area (Å²) in [5.41, 5.74) is 3.51. The molecule has 24 heavy (non-hydrogen) atoms. The number of rotatable bonds is 4. The Hall–Kier alpha value is -1.95. The van der Waals surface area contributed by atoms with E-state index in [-0.39, 0.29) is 5.56 Å². The van der Waals surface area contributed by atoms with Gasteiger partial charge in [-0.15, -0.1) is 0 Å². The van der Waals surface area contributed by atoms with Crippen LogP contribution >= 0.6 is 0 Å². The maximum atomic E-state index is 11.9. The number of aromatic nitrogens is 4. The van der Waals surface area contributed by atoms with E-state index in [1.807, 2.05) is 6.92 Å². The van der Waals surface area contributed by atoms with Crippen molar-refractivity contribution in [3.8, 4) is 0 Å². The molecule has 0 spiro atoms. The highest BCUT2D eigenvalue weighted by atomic mass is 16.1. The lowest BCUT2D eigenvalue weighted by Crippen LogP contribution is -2.36. The van der Waals surface area contributed by atoms with Gasteiger partial charge in [-0.05, 0) is 63.7 Å². The van der Waals surface area contributed by atoms with Crippen LogP contribution in [-0.2, 0) is 26.1 Å². The SMILES string of the molecule is Cc1ccc(=O)n(CC2CCN(Cc3cc4n(n3)CCC4)CC2)n1. The molecule has 2 aromatic heterocycles. The number of fused-ring (bicyclic) bond motifs is 1. The zero-order valence-corrected chi connectivity index (χ0v) is 14.3. The van der Waals surface area contributed by atoms with Gasteiger partial charge < -0.3 is 0 Å². The Kier molecular flexibility index (Phi) is 4.22. The minimum Gasteiger partial charge on any atom is -0.297 e. The molecular formula is C18H25N5O. The summed E-state index contributed by atoms with van der Waals surface area (Å²) in [6, 6.07) is 5.67. The molecule has 4 heterocycles. The molecule has 0 radical (unpaired) electrons. The van der Waals surface area contributed by atoms with Crippen LogP contribution in [0.2, 0.25) is 0 Å². The van der Waals surface area contributed by atoms with E-state index in [1.54, 1.807) is 16.8 Å². The van der Waals surface area contributed by atoms with E-state index in [4.69, 9.17) is 5.10 Å². The van der Waals surface area contributed by atoms with Crippen LogP contribution in [-0.4, -0.2) is 37.6 Å². The van der Waals surface area contributed by atoms with Gasteiger partial charge in [0.15, 0.2) is 0 Å². The van der Waals surface area contributed by atoms with Crippen molar-refractivity contribution in [2.75, 3.05) is 13.1 Å². The first kappa shape index (κ1) is 15.6. The molecule has 6 nitrogen and oxygen atoms in total. The molecule has 0 aliphatic carbocycles. The molecule has 128 valence electrons. The van der Waals surface area contributed by atoms with Crippen molar-refractivity contribution in [3.63, 3.8) is 0 Å². The molecule has 2 aromatic rings. The van der Waals surface area contributed by atoms with Crippen LogP contribution in [0.15, 0.2) is 23.0 Å². The van der Waals surface area contributed by atoms with Gasteiger partial charge >= 0.3 is 0 Å². The van der Waals surface area contributed by atoms with Crippen molar-refractivity contribution in [2.45, 2.75) is 52.2 Å². The normalized spacial score (nSPS) is 18.9. The lowest BCUT2D eigenvalue weighted by molar-refractivity contribution is 0.161. The van der Waals surface area contributed by atoms with E-state index in [1.165, 1.54) is 24.2 Å². The Balaban J connectivity index is 1.31. The van der Waals surface area contributed by atoms with Crippen molar-refractivity contribution < 1.29 is 0 Å². The zero-order chi connectivity index (χ0) is 16.5. The summed E-state index contributed by atoms with van der Waals surface area (Å²) in [4.78, 5) is 14.4. The summed E-state index contributed by atoms with van der Waals surface area (Å²) in [5.74, 6) is 0.542. The van der Waals surface area contributed by atoms with Crippen LogP contribution in [0.25, 0.3) is 0 Å². The summed E-state index contributed by atoms with van der Waals surface area (Å²) in [5, 5.41) is 9.07. The van der Waals surface area contributed by atoms with Crippen LogP contribution in [0, 0.1) is 12.8 Å². The molecular weight excluding hydrogens is 302 g/mol. The first-order valence-corrected chi connectivity index (χ1v) is 9.00. The van der Waals surface area contributed by atoms with Gasteiger partial charge in [0, 0.05) is 31.4 Å². The molecule has 0 bridgehead atoms. The number of hydrogen-bond donors (Lipinski definition) is 0. The van der Waals surface area contributed by atoms with Crippen molar-refractivity contribution >= 4 is 0 Å². The van der Waals surface area contributed by atoms with E-state index in [2.05, 4.69) is 20.7 Å². The fraction of sp³-hybridized carbons (Fsp3) is 0.611. The molecule has 0 aromatic carbocycles. The van der Waals surface area contributed by atoms with Crippen LogP contribution in [0.4, 0.5) is 0 Å². The molecule has 2 aliphatic heterocycles. The maximum absolute atomic E-state index is 11.9. The largest absolute Gasteiger partial charge is 0.297 e. The molecule has 1 saturated heterocycles. The highest BCUT2D eigenvalue weighted by Gasteiger charge is 2.22. The molecule has 6 heteroatoms. The van der Waals surface area contributed by atoms with Crippen LogP contribution < -0.4 is 5.56 Å². The van der Waals surface area contributed by atoms with Gasteiger partial charge in [-0.2, -0.15) is 10.2 Å². The average Bonchev–Trinajstić information content (AvgIpc) is 3.14. The number of nitrogens with zero attached hydrogens (tertiary/aromatic N) is 5. The second-order valence-electron chi connectivity index (χ2n) is 7.17. The van der Waals surface area contributed by atoms with E-state index in [0.29, 0.717) is 5.92 Å². The van der Waals surface area contributed by atoms with Crippen molar-refractivity contribution in [2.24, 2.45) is 5.92 Å². The van der Waals surface area contributed by atoms with Gasteiger partial charge in [0.2, 0.25) is 0 Å². The summed E-state index contributed by atoms with van der Waals surface area (Å²) in [7, 11) is 0. The molecule has 0 saturated carbocycles. The number of likely N-dealkylation sites (tertiary alicyclic amines) is 1. The minimum atomic E-state index is 0.00977. The number of hydrogen-bond acceptors (Lipinski definition) is 4. The fourth-order valence-corrected chi connectivity index (χ4v) is 3.88. The Morgan fingerprint density at radius 3 is 2.79 bits per heavy atom. The summed E-state index contributed by atoms with van der Waals surface area (Å²) < 4.78 is 3.80. The lowest BCUT2D eigenvalue weighted by atomic mass is 9.96. The van der Waals surface area contributed by atoms with Crippen molar-refractivity contribution in [3.05, 3.63) is 45.6 Å². The third-order valence-electron chi connectivity index (χ3n) is 5.24. The summed E-state index contributed by atoms with van der Waals surface area (Å²) >= 11 is 0. The quantitative estimate of drug-likeness (QED) is 0.856. The highest BCUT2D eigenvalue weighted by molar-refractivity contribution is 5.13. The molecule has 0 N–H and O–H groups in total. The third-order valence-corrected chi connectivity index (χ3v) is 5.24. The standard InChI is InChI=1S/C18H25N5O/c1-14-4-5-18(24)23(19-14)12-15-6-9-21(10-7-15)13-16-11-17-3-2-8-22(17)20-16/h4-5,11,15H,2-3,6-10,12-13H2,1H3. The van der Waals surface area contributed by atoms with Crippen LogP contribution in [0.3, 0.4) is 0 Å². The Labute approximate surface area is 142 Å². The van der Waals surface area contributed by atoms with E-state index < -0.39 is 0 Å². The Morgan fingerprint density at radius 1 is 1.17 bits per heavy atom. The van der Waals surface area contributed by atoms with Gasteiger partial charge in [0.1, 0.15) is 0 Å². The van der Waals surface area contributed by atoms with E-state index in [9.17, 15) is 4.79 Å². The first-order chi connectivity index (χ1) is 11.7. The molecule has 0 amide bonds. The zero-order valence-electron chi connectivity index (χ0n) is 14.3. The predicted molar refractivity (Wildman–Crippen MR) is 91.8 cm³/mol. The second kappa shape index (κ2) is 6.51. The van der Waals surface area contributed by atoms with Crippen molar-refractivity contribution in [1.82, 2.24) is 24.5 Å². The maximum Gasteiger partial charge on any atom is 0.266 e. The molecule has 4 rings (SSSR count). The highest BCUT2D eigenvalue weighted by Crippen LogP contribution is 2.21. The number of aryl methyl sites for hydroxylation is 3. The average molecular weight is 327 g/mol. The molecule has 1 fully saturated rings. The summed E-state index contributed by atoms with van der Waals surface area (Å²) in [6.07, 6.45) is 4.65. The topological polar surface area (TPSA) is 56.0 Å². The fourth-order valence-electron chi connectivity index (χ4n) is 3.88. The molecule has 0 unspecified atom stereocenters. The third kappa shape index (κ3) is 3.29. The smallest absolute Gasteiger partial charge is 0.266 e. The first-order valence-electron chi connectivity index (χ1n) is 9.00. The Bertz CT molecular complexity index is 748. The second-order valence-corrected chi connectivity index (χ2v) is 7.17. The van der Waals surface area contributed by atoms with Gasteiger partial charge in [0.25, 0.3) is 5.56 Å². The van der Waals surface area contributed by atoms with Gasteiger partial charge in [0.05, 0.1) is 11.4 Å². The van der Waals surface area contributed by atoms with E-state index >= 15 is 0 Å². The minimum absolute atomic E-state index is 0.00977. The number of piperidine rings is 1. The van der Waals surface area contributed by atoms with E-state index in [0.717, 1.165) is 51.3 Å².